The van der Waals surface area contributed by atoms with E-state index in [0.717, 1.165) is 23.4 Å². The summed E-state index contributed by atoms with van der Waals surface area (Å²) in [7, 11) is 1.73. The van der Waals surface area contributed by atoms with Crippen LogP contribution in [-0.4, -0.2) is 34.1 Å². The Morgan fingerprint density at radius 2 is 1.83 bits per heavy atom. The van der Waals surface area contributed by atoms with Crippen molar-refractivity contribution in [3.8, 4) is 0 Å². The zero-order valence-corrected chi connectivity index (χ0v) is 17.6. The summed E-state index contributed by atoms with van der Waals surface area (Å²) in [5.74, 6) is 0.341. The topological polar surface area (TPSA) is 87.2 Å². The second-order valence-electron chi connectivity index (χ2n) is 7.38. The van der Waals surface area contributed by atoms with E-state index in [1.165, 1.54) is 11.3 Å². The van der Waals surface area contributed by atoms with Gasteiger partial charge in [-0.05, 0) is 49.6 Å². The van der Waals surface area contributed by atoms with E-state index in [0.29, 0.717) is 22.3 Å². The SMILES string of the molecule is C[C@@H](c1cccc(NC(=O)c2ccccc2)c1)N(C)C(=O)Nc1nnc(C2CC2)s1. The van der Waals surface area contributed by atoms with Crippen LogP contribution in [0.4, 0.5) is 15.6 Å². The molecule has 0 radical (unpaired) electrons. The molecular formula is C22H23N5O2S. The molecule has 8 heteroatoms. The Morgan fingerprint density at radius 3 is 2.57 bits per heavy atom. The zero-order chi connectivity index (χ0) is 21.1. The van der Waals surface area contributed by atoms with Gasteiger partial charge in [-0.1, -0.05) is 41.7 Å². The molecule has 1 aliphatic carbocycles. The van der Waals surface area contributed by atoms with E-state index in [2.05, 4.69) is 20.8 Å². The molecule has 1 fully saturated rings. The van der Waals surface area contributed by atoms with Crippen molar-refractivity contribution in [3.63, 3.8) is 0 Å². The Hall–Kier alpha value is -3.26. The minimum Gasteiger partial charge on any atom is -0.322 e. The number of nitrogens with zero attached hydrogens (tertiary/aromatic N) is 3. The van der Waals surface area contributed by atoms with Gasteiger partial charge < -0.3 is 10.2 Å². The fourth-order valence-electron chi connectivity index (χ4n) is 3.03. The molecule has 0 bridgehead atoms. The van der Waals surface area contributed by atoms with E-state index >= 15 is 0 Å². The number of amides is 3. The van der Waals surface area contributed by atoms with E-state index in [4.69, 9.17) is 0 Å². The van der Waals surface area contributed by atoms with Crippen LogP contribution in [0.15, 0.2) is 54.6 Å². The van der Waals surface area contributed by atoms with Crippen molar-refractivity contribution in [1.29, 1.82) is 0 Å². The number of urea groups is 1. The molecular weight excluding hydrogens is 398 g/mol. The Labute approximate surface area is 179 Å². The average molecular weight is 422 g/mol. The summed E-state index contributed by atoms with van der Waals surface area (Å²) in [5.41, 5.74) is 2.18. The molecule has 1 aliphatic rings. The standard InChI is InChI=1S/C22H23N5O2S/c1-14(27(2)22(29)24-21-26-25-20(30-21)16-11-12-16)17-9-6-10-18(13-17)23-19(28)15-7-4-3-5-8-15/h3-10,13-14,16H,11-12H2,1-2H3,(H,23,28)(H,24,26,29)/t14-/m0/s1. The lowest BCUT2D eigenvalue weighted by atomic mass is 10.1. The van der Waals surface area contributed by atoms with Crippen LogP contribution in [-0.2, 0) is 0 Å². The highest BCUT2D eigenvalue weighted by Gasteiger charge is 2.28. The summed E-state index contributed by atoms with van der Waals surface area (Å²) in [6.07, 6.45) is 2.30. The Bertz CT molecular complexity index is 1050. The molecule has 0 spiro atoms. The van der Waals surface area contributed by atoms with Gasteiger partial charge in [0.05, 0.1) is 6.04 Å². The zero-order valence-electron chi connectivity index (χ0n) is 16.8. The first-order valence-corrected chi connectivity index (χ1v) is 10.7. The summed E-state index contributed by atoms with van der Waals surface area (Å²) in [5, 5.41) is 15.5. The van der Waals surface area contributed by atoms with Crippen molar-refractivity contribution >= 4 is 34.1 Å². The van der Waals surface area contributed by atoms with E-state index in [1.807, 2.05) is 49.4 Å². The van der Waals surface area contributed by atoms with Gasteiger partial charge in [0, 0.05) is 24.2 Å². The van der Waals surface area contributed by atoms with Gasteiger partial charge in [0.1, 0.15) is 5.01 Å². The Morgan fingerprint density at radius 1 is 1.07 bits per heavy atom. The van der Waals surface area contributed by atoms with Crippen LogP contribution in [0.5, 0.6) is 0 Å². The number of aromatic nitrogens is 2. The minimum atomic E-state index is -0.250. The second kappa shape index (κ2) is 8.62. The van der Waals surface area contributed by atoms with Crippen molar-refractivity contribution in [2.24, 2.45) is 0 Å². The quantitative estimate of drug-likeness (QED) is 0.593. The number of carbonyl (C=O) groups is 2. The van der Waals surface area contributed by atoms with Crippen molar-refractivity contribution < 1.29 is 9.59 Å². The molecule has 3 amide bonds. The molecule has 1 atom stereocenters. The second-order valence-corrected chi connectivity index (χ2v) is 8.39. The van der Waals surface area contributed by atoms with Gasteiger partial charge in [0.15, 0.2) is 0 Å². The first kappa shape index (κ1) is 20.0. The van der Waals surface area contributed by atoms with Gasteiger partial charge in [0.2, 0.25) is 5.13 Å². The summed E-state index contributed by atoms with van der Waals surface area (Å²) < 4.78 is 0. The fourth-order valence-corrected chi connectivity index (χ4v) is 3.93. The smallest absolute Gasteiger partial charge is 0.322 e. The van der Waals surface area contributed by atoms with Crippen LogP contribution < -0.4 is 10.6 Å². The molecule has 1 saturated carbocycles. The van der Waals surface area contributed by atoms with Crippen LogP contribution >= 0.6 is 11.3 Å². The summed E-state index contributed by atoms with van der Waals surface area (Å²) in [6, 6.07) is 16.1. The lowest BCUT2D eigenvalue weighted by Crippen LogP contribution is -2.33. The molecule has 4 rings (SSSR count). The summed E-state index contributed by atoms with van der Waals surface area (Å²) in [4.78, 5) is 26.7. The highest BCUT2D eigenvalue weighted by molar-refractivity contribution is 7.15. The number of benzene rings is 2. The molecule has 1 aromatic heterocycles. The van der Waals surface area contributed by atoms with Crippen LogP contribution in [0.3, 0.4) is 0 Å². The first-order chi connectivity index (χ1) is 14.5. The number of hydrogen-bond acceptors (Lipinski definition) is 5. The van der Waals surface area contributed by atoms with Gasteiger partial charge in [0.25, 0.3) is 5.91 Å². The monoisotopic (exact) mass is 421 g/mol. The van der Waals surface area contributed by atoms with Gasteiger partial charge in [-0.2, -0.15) is 0 Å². The number of hydrogen-bond donors (Lipinski definition) is 2. The average Bonchev–Trinajstić information content (AvgIpc) is 3.52. The third-order valence-corrected chi connectivity index (χ3v) is 6.15. The Kier molecular flexibility index (Phi) is 5.76. The van der Waals surface area contributed by atoms with Gasteiger partial charge >= 0.3 is 6.03 Å². The van der Waals surface area contributed by atoms with E-state index in [-0.39, 0.29) is 18.0 Å². The lowest BCUT2D eigenvalue weighted by molar-refractivity contribution is 0.102. The number of rotatable bonds is 6. The molecule has 1 heterocycles. The highest BCUT2D eigenvalue weighted by Crippen LogP contribution is 2.42. The van der Waals surface area contributed by atoms with Crippen molar-refractivity contribution in [3.05, 3.63) is 70.7 Å². The van der Waals surface area contributed by atoms with Crippen LogP contribution in [0.2, 0.25) is 0 Å². The molecule has 0 unspecified atom stereocenters. The maximum atomic E-state index is 12.7. The van der Waals surface area contributed by atoms with Crippen molar-refractivity contribution in [2.45, 2.75) is 31.7 Å². The molecule has 2 N–H and O–H groups in total. The van der Waals surface area contributed by atoms with Crippen LogP contribution in [0, 0.1) is 0 Å². The number of anilines is 2. The Balaban J connectivity index is 1.40. The minimum absolute atomic E-state index is 0.172. The van der Waals surface area contributed by atoms with Crippen molar-refractivity contribution in [2.75, 3.05) is 17.7 Å². The lowest BCUT2D eigenvalue weighted by Gasteiger charge is -2.25. The van der Waals surface area contributed by atoms with Crippen LogP contribution in [0.25, 0.3) is 0 Å². The molecule has 0 aliphatic heterocycles. The summed E-state index contributed by atoms with van der Waals surface area (Å²) >= 11 is 1.44. The van der Waals surface area contributed by atoms with E-state index < -0.39 is 0 Å². The van der Waals surface area contributed by atoms with E-state index in [1.54, 1.807) is 24.1 Å². The fraction of sp³-hybridized carbons (Fsp3) is 0.273. The molecule has 2 aromatic carbocycles. The predicted octanol–water partition coefficient (Wildman–Crippen LogP) is 4.89. The van der Waals surface area contributed by atoms with Crippen LogP contribution in [0.1, 0.15) is 52.7 Å². The molecule has 3 aromatic rings. The summed E-state index contributed by atoms with van der Waals surface area (Å²) in [6.45, 7) is 1.94. The van der Waals surface area contributed by atoms with Gasteiger partial charge in [-0.15, -0.1) is 10.2 Å². The first-order valence-electron chi connectivity index (χ1n) is 9.85. The maximum absolute atomic E-state index is 12.7. The third-order valence-electron chi connectivity index (χ3n) is 5.15. The molecule has 154 valence electrons. The third kappa shape index (κ3) is 4.65. The van der Waals surface area contributed by atoms with Crippen molar-refractivity contribution in [1.82, 2.24) is 15.1 Å². The predicted molar refractivity (Wildman–Crippen MR) is 118 cm³/mol. The largest absolute Gasteiger partial charge is 0.323 e. The van der Waals surface area contributed by atoms with E-state index in [9.17, 15) is 9.59 Å². The molecule has 0 saturated heterocycles. The normalized spacial score (nSPS) is 14.1. The van der Waals surface area contributed by atoms with Gasteiger partial charge in [-0.3, -0.25) is 10.1 Å². The highest BCUT2D eigenvalue weighted by atomic mass is 32.1. The van der Waals surface area contributed by atoms with Gasteiger partial charge in [-0.25, -0.2) is 4.79 Å². The molecule has 30 heavy (non-hydrogen) atoms. The number of carbonyl (C=O) groups excluding carboxylic acids is 2. The molecule has 7 nitrogen and oxygen atoms in total. The number of nitrogens with one attached hydrogen (secondary N) is 2. The maximum Gasteiger partial charge on any atom is 0.323 e.